The Bertz CT molecular complexity index is 306. The largest absolute Gasteiger partial charge is 0.442 e. The molecule has 0 aromatic carbocycles. The molecule has 1 N–H and O–H groups in total. The minimum atomic E-state index is -4.46. The monoisotopic (exact) mass is 176 g/mol. The van der Waals surface area contributed by atoms with Gasteiger partial charge in [0.05, 0.1) is 11.8 Å². The molecule has 2 heterocycles. The molecule has 0 saturated carbocycles. The molecule has 0 unspecified atom stereocenters. The van der Waals surface area contributed by atoms with Crippen LogP contribution in [0.1, 0.15) is 5.56 Å². The average molecular weight is 176 g/mol. The predicted molar refractivity (Wildman–Crippen MR) is 31.2 cm³/mol. The number of nitrogens with one attached hydrogen (secondary N) is 1. The maximum atomic E-state index is 12.2. The van der Waals surface area contributed by atoms with Crippen LogP contribution < -0.4 is 0 Å². The van der Waals surface area contributed by atoms with E-state index in [1.807, 2.05) is 0 Å². The van der Waals surface area contributed by atoms with Gasteiger partial charge in [-0.3, -0.25) is 5.10 Å². The van der Waals surface area contributed by atoms with E-state index in [0.717, 1.165) is 12.4 Å². The first kappa shape index (κ1) is 7.26. The molecule has 1 aromatic rings. The lowest BCUT2D eigenvalue weighted by molar-refractivity contribution is -0.166. The van der Waals surface area contributed by atoms with Crippen LogP contribution in [0.3, 0.4) is 0 Å². The van der Waals surface area contributed by atoms with Gasteiger partial charge in [-0.15, -0.1) is 10.2 Å². The Labute approximate surface area is 64.5 Å². The number of nitrogens with zero attached hydrogens (tertiary/aromatic N) is 3. The van der Waals surface area contributed by atoms with Crippen molar-refractivity contribution in [2.45, 2.75) is 11.8 Å². The van der Waals surface area contributed by atoms with Crippen LogP contribution in [0.5, 0.6) is 0 Å². The molecule has 0 radical (unpaired) electrons. The maximum Gasteiger partial charge on any atom is 0.442 e. The normalized spacial score (nSPS) is 19.6. The fourth-order valence-corrected chi connectivity index (χ4v) is 0.884. The first-order valence-corrected chi connectivity index (χ1v) is 3.06. The number of halogens is 3. The Morgan fingerprint density at radius 2 is 2.00 bits per heavy atom. The molecule has 0 spiro atoms. The van der Waals surface area contributed by atoms with Crippen LogP contribution in [-0.2, 0) is 5.66 Å². The summed E-state index contributed by atoms with van der Waals surface area (Å²) in [5.41, 5.74) is -2.41. The number of hydrogen-bond acceptors (Lipinski definition) is 3. The van der Waals surface area contributed by atoms with Gasteiger partial charge in [-0.25, -0.2) is 0 Å². The first-order valence-electron chi connectivity index (χ1n) is 3.06. The summed E-state index contributed by atoms with van der Waals surface area (Å²) in [5, 5.41) is 11.7. The van der Waals surface area contributed by atoms with Crippen molar-refractivity contribution in [1.29, 1.82) is 0 Å². The molecule has 0 amide bonds. The third kappa shape index (κ3) is 0.758. The molecular formula is C5H3F3N4. The summed E-state index contributed by atoms with van der Waals surface area (Å²) in [6.45, 7) is 0. The van der Waals surface area contributed by atoms with E-state index in [9.17, 15) is 13.2 Å². The van der Waals surface area contributed by atoms with Crippen LogP contribution in [0.25, 0.3) is 0 Å². The zero-order chi connectivity index (χ0) is 8.82. The molecule has 0 fully saturated rings. The molecule has 0 bridgehead atoms. The Morgan fingerprint density at radius 3 is 2.33 bits per heavy atom. The summed E-state index contributed by atoms with van der Waals surface area (Å²) in [4.78, 5) is 0. The molecule has 1 aliphatic heterocycles. The smallest absolute Gasteiger partial charge is 0.285 e. The van der Waals surface area contributed by atoms with Gasteiger partial charge in [-0.2, -0.15) is 18.3 Å². The lowest BCUT2D eigenvalue weighted by atomic mass is 10.1. The van der Waals surface area contributed by atoms with E-state index in [1.54, 1.807) is 0 Å². The van der Waals surface area contributed by atoms with E-state index in [1.165, 1.54) is 0 Å². The molecule has 0 atom stereocenters. The van der Waals surface area contributed by atoms with Crippen LogP contribution in [0.15, 0.2) is 22.6 Å². The number of aromatic nitrogens is 2. The van der Waals surface area contributed by atoms with Gasteiger partial charge in [0.2, 0.25) is 0 Å². The summed E-state index contributed by atoms with van der Waals surface area (Å²) in [5.74, 6) is 0. The SMILES string of the molecule is FC(F)(F)C1(c2cn[nH]c2)N=N1. The zero-order valence-electron chi connectivity index (χ0n) is 5.63. The highest BCUT2D eigenvalue weighted by Gasteiger charge is 2.65. The summed E-state index contributed by atoms with van der Waals surface area (Å²) in [7, 11) is 0. The number of hydrogen-bond donors (Lipinski definition) is 1. The minimum absolute atomic E-state index is 0.0741. The second kappa shape index (κ2) is 1.85. The van der Waals surface area contributed by atoms with Gasteiger partial charge in [-0.05, 0) is 0 Å². The van der Waals surface area contributed by atoms with E-state index in [4.69, 9.17) is 0 Å². The lowest BCUT2D eigenvalue weighted by Crippen LogP contribution is -2.29. The van der Waals surface area contributed by atoms with Gasteiger partial charge < -0.3 is 0 Å². The molecule has 2 rings (SSSR count). The lowest BCUT2D eigenvalue weighted by Gasteiger charge is -2.11. The molecule has 12 heavy (non-hydrogen) atoms. The highest BCUT2D eigenvalue weighted by atomic mass is 19.4. The number of alkyl halides is 3. The molecule has 4 nitrogen and oxygen atoms in total. The van der Waals surface area contributed by atoms with Crippen LogP contribution >= 0.6 is 0 Å². The van der Waals surface area contributed by atoms with Crippen LogP contribution in [0.2, 0.25) is 0 Å². The van der Waals surface area contributed by atoms with Crippen LogP contribution in [0, 0.1) is 0 Å². The van der Waals surface area contributed by atoms with Gasteiger partial charge >= 0.3 is 11.8 Å². The van der Waals surface area contributed by atoms with Gasteiger partial charge in [0, 0.05) is 6.20 Å². The van der Waals surface area contributed by atoms with Gasteiger partial charge in [0.1, 0.15) is 0 Å². The van der Waals surface area contributed by atoms with Crippen LogP contribution in [0.4, 0.5) is 13.2 Å². The summed E-state index contributed by atoms with van der Waals surface area (Å²) >= 11 is 0. The topological polar surface area (TPSA) is 53.4 Å². The standard InChI is InChI=1S/C5H3F3N4/c6-5(7,8)4(11-12-4)3-1-9-10-2-3/h1-2H,(H,9,10). The molecule has 1 aromatic heterocycles. The van der Waals surface area contributed by atoms with Crippen molar-refractivity contribution >= 4 is 0 Å². The van der Waals surface area contributed by atoms with Gasteiger partial charge in [0.15, 0.2) is 0 Å². The Morgan fingerprint density at radius 1 is 1.33 bits per heavy atom. The number of H-pyrrole nitrogens is 1. The van der Waals surface area contributed by atoms with E-state index in [2.05, 4.69) is 20.4 Å². The quantitative estimate of drug-likeness (QED) is 0.693. The molecule has 64 valence electrons. The summed E-state index contributed by atoms with van der Waals surface area (Å²) in [6.07, 6.45) is -2.27. The van der Waals surface area contributed by atoms with E-state index < -0.39 is 11.8 Å². The first-order chi connectivity index (χ1) is 5.56. The molecule has 0 aliphatic carbocycles. The third-order valence-corrected chi connectivity index (χ3v) is 1.60. The summed E-state index contributed by atoms with van der Waals surface area (Å²) in [6, 6.07) is 0. The maximum absolute atomic E-state index is 12.2. The Hall–Kier alpha value is -1.40. The average Bonchev–Trinajstić information content (AvgIpc) is 2.61. The fraction of sp³-hybridized carbons (Fsp3) is 0.400. The second-order valence-electron chi connectivity index (χ2n) is 2.36. The van der Waals surface area contributed by atoms with Crippen molar-refractivity contribution in [3.63, 3.8) is 0 Å². The molecule has 0 saturated heterocycles. The van der Waals surface area contributed by atoms with Gasteiger partial charge in [0.25, 0.3) is 0 Å². The number of rotatable bonds is 1. The van der Waals surface area contributed by atoms with Crippen molar-refractivity contribution in [2.24, 2.45) is 10.2 Å². The van der Waals surface area contributed by atoms with E-state index in [0.29, 0.717) is 0 Å². The Kier molecular flexibility index (Phi) is 1.12. The number of aromatic amines is 1. The van der Waals surface area contributed by atoms with E-state index >= 15 is 0 Å². The highest BCUT2D eigenvalue weighted by molar-refractivity contribution is 5.24. The predicted octanol–water partition coefficient (Wildman–Crippen LogP) is 1.59. The van der Waals surface area contributed by atoms with Crippen molar-refractivity contribution in [1.82, 2.24) is 10.2 Å². The third-order valence-electron chi connectivity index (χ3n) is 1.60. The van der Waals surface area contributed by atoms with Crippen molar-refractivity contribution in [3.8, 4) is 0 Å². The van der Waals surface area contributed by atoms with Gasteiger partial charge in [-0.1, -0.05) is 0 Å². The zero-order valence-corrected chi connectivity index (χ0v) is 5.63. The van der Waals surface area contributed by atoms with E-state index in [-0.39, 0.29) is 5.56 Å². The molecule has 7 heteroatoms. The summed E-state index contributed by atoms with van der Waals surface area (Å²) < 4.78 is 36.7. The fourth-order valence-electron chi connectivity index (χ4n) is 0.884. The second-order valence-corrected chi connectivity index (χ2v) is 2.36. The Balaban J connectivity index is 2.36. The molecular weight excluding hydrogens is 173 g/mol. The van der Waals surface area contributed by atoms with Crippen molar-refractivity contribution in [3.05, 3.63) is 18.0 Å². The van der Waals surface area contributed by atoms with Crippen molar-refractivity contribution < 1.29 is 13.2 Å². The van der Waals surface area contributed by atoms with Crippen molar-refractivity contribution in [2.75, 3.05) is 0 Å². The minimum Gasteiger partial charge on any atom is -0.285 e. The highest BCUT2D eigenvalue weighted by Crippen LogP contribution is 2.51. The van der Waals surface area contributed by atoms with Crippen LogP contribution in [-0.4, -0.2) is 16.4 Å². The molecule has 1 aliphatic rings.